The molecule has 1 saturated heterocycles. The van der Waals surface area contributed by atoms with E-state index in [1.807, 2.05) is 31.4 Å². The second-order valence-corrected chi connectivity index (χ2v) is 7.27. The summed E-state index contributed by atoms with van der Waals surface area (Å²) in [6.45, 7) is 6.17. The molecule has 2 N–H and O–H groups in total. The fourth-order valence-electron chi connectivity index (χ4n) is 3.56. The van der Waals surface area contributed by atoms with Crippen molar-refractivity contribution in [3.05, 3.63) is 66.0 Å². The second-order valence-electron chi connectivity index (χ2n) is 7.27. The Kier molecular flexibility index (Phi) is 9.70. The van der Waals surface area contributed by atoms with Crippen molar-refractivity contribution in [2.24, 2.45) is 10.9 Å². The molecule has 152 valence electrons. The smallest absolute Gasteiger partial charge is 0.191 e. The van der Waals surface area contributed by atoms with Gasteiger partial charge in [-0.3, -0.25) is 14.9 Å². The van der Waals surface area contributed by atoms with Gasteiger partial charge in [-0.2, -0.15) is 0 Å². The molecule has 2 aromatic rings. The molecular formula is C22H32IN5. The highest BCUT2D eigenvalue weighted by Gasteiger charge is 2.24. The Morgan fingerprint density at radius 2 is 1.82 bits per heavy atom. The second kappa shape index (κ2) is 12.0. The third-order valence-corrected chi connectivity index (χ3v) is 5.29. The lowest BCUT2D eigenvalue weighted by Gasteiger charge is -2.37. The highest BCUT2D eigenvalue weighted by Crippen LogP contribution is 2.26. The van der Waals surface area contributed by atoms with Gasteiger partial charge in [-0.05, 0) is 49.5 Å². The van der Waals surface area contributed by atoms with Crippen LogP contribution in [-0.2, 0) is 6.54 Å². The molecule has 1 atom stereocenters. The van der Waals surface area contributed by atoms with Gasteiger partial charge in [0, 0.05) is 19.8 Å². The molecule has 1 aliphatic heterocycles. The van der Waals surface area contributed by atoms with E-state index in [9.17, 15) is 0 Å². The first-order chi connectivity index (χ1) is 13.3. The summed E-state index contributed by atoms with van der Waals surface area (Å²) in [5.74, 6) is 1.64. The molecule has 0 amide bonds. The number of rotatable bonds is 6. The van der Waals surface area contributed by atoms with Gasteiger partial charge in [-0.1, -0.05) is 43.3 Å². The molecule has 1 unspecified atom stereocenters. The van der Waals surface area contributed by atoms with Gasteiger partial charge in [-0.15, -0.1) is 24.0 Å². The van der Waals surface area contributed by atoms with Gasteiger partial charge < -0.3 is 10.6 Å². The van der Waals surface area contributed by atoms with Crippen LogP contribution in [0.2, 0.25) is 0 Å². The van der Waals surface area contributed by atoms with Gasteiger partial charge >= 0.3 is 0 Å². The summed E-state index contributed by atoms with van der Waals surface area (Å²) in [5.41, 5.74) is 2.37. The number of guanidine groups is 1. The van der Waals surface area contributed by atoms with Crippen LogP contribution < -0.4 is 10.6 Å². The van der Waals surface area contributed by atoms with E-state index in [-0.39, 0.29) is 24.0 Å². The molecule has 2 heterocycles. The summed E-state index contributed by atoms with van der Waals surface area (Å²) in [7, 11) is 1.81. The first-order valence-corrected chi connectivity index (χ1v) is 9.89. The number of aliphatic imine (C=N–C) groups is 1. The topological polar surface area (TPSA) is 52.6 Å². The minimum Gasteiger partial charge on any atom is -0.354 e. The maximum absolute atomic E-state index is 4.37. The van der Waals surface area contributed by atoms with E-state index in [4.69, 9.17) is 0 Å². The fourth-order valence-corrected chi connectivity index (χ4v) is 3.56. The monoisotopic (exact) mass is 493 g/mol. The summed E-state index contributed by atoms with van der Waals surface area (Å²) in [4.78, 5) is 11.3. The molecule has 1 aromatic carbocycles. The van der Waals surface area contributed by atoms with E-state index in [1.165, 1.54) is 18.4 Å². The average molecular weight is 493 g/mol. The maximum atomic E-state index is 4.37. The van der Waals surface area contributed by atoms with Crippen molar-refractivity contribution in [3.8, 4) is 0 Å². The third kappa shape index (κ3) is 6.74. The van der Waals surface area contributed by atoms with E-state index >= 15 is 0 Å². The molecule has 0 bridgehead atoms. The molecule has 0 aliphatic carbocycles. The normalized spacial score (nSPS) is 16.9. The summed E-state index contributed by atoms with van der Waals surface area (Å²) < 4.78 is 0. The van der Waals surface area contributed by atoms with Crippen molar-refractivity contribution >= 4 is 29.9 Å². The number of aromatic nitrogens is 1. The number of nitrogens with one attached hydrogen (secondary N) is 2. The molecule has 0 spiro atoms. The Balaban J connectivity index is 0.00000280. The van der Waals surface area contributed by atoms with E-state index in [0.29, 0.717) is 12.6 Å². The van der Waals surface area contributed by atoms with Crippen LogP contribution in [0.5, 0.6) is 0 Å². The zero-order valence-electron chi connectivity index (χ0n) is 16.8. The van der Waals surface area contributed by atoms with E-state index in [1.54, 1.807) is 0 Å². The molecule has 3 rings (SSSR count). The van der Waals surface area contributed by atoms with Crippen LogP contribution in [0.15, 0.2) is 59.7 Å². The quantitative estimate of drug-likeness (QED) is 0.365. The minimum atomic E-state index is 0. The van der Waals surface area contributed by atoms with Crippen molar-refractivity contribution < 1.29 is 0 Å². The van der Waals surface area contributed by atoms with E-state index < -0.39 is 0 Å². The number of piperidine rings is 1. The van der Waals surface area contributed by atoms with Crippen LogP contribution in [0, 0.1) is 5.92 Å². The van der Waals surface area contributed by atoms with Crippen molar-refractivity contribution in [1.82, 2.24) is 20.5 Å². The summed E-state index contributed by atoms with van der Waals surface area (Å²) >= 11 is 0. The summed E-state index contributed by atoms with van der Waals surface area (Å²) in [6, 6.07) is 17.1. The van der Waals surface area contributed by atoms with Crippen LogP contribution in [0.3, 0.4) is 0 Å². The van der Waals surface area contributed by atoms with Crippen molar-refractivity contribution in [2.45, 2.75) is 32.4 Å². The number of benzene rings is 1. The molecule has 6 heteroatoms. The van der Waals surface area contributed by atoms with Gasteiger partial charge in [0.25, 0.3) is 0 Å². The first-order valence-electron chi connectivity index (χ1n) is 9.89. The minimum absolute atomic E-state index is 0. The molecule has 0 saturated carbocycles. The molecular weight excluding hydrogens is 461 g/mol. The Morgan fingerprint density at radius 3 is 2.46 bits per heavy atom. The number of nitrogens with zero attached hydrogens (tertiary/aromatic N) is 3. The van der Waals surface area contributed by atoms with Crippen LogP contribution in [0.1, 0.15) is 37.1 Å². The number of hydrogen-bond donors (Lipinski definition) is 2. The highest BCUT2D eigenvalue weighted by molar-refractivity contribution is 14.0. The lowest BCUT2D eigenvalue weighted by atomic mass is 9.95. The largest absolute Gasteiger partial charge is 0.354 e. The van der Waals surface area contributed by atoms with Crippen molar-refractivity contribution in [2.75, 3.05) is 26.7 Å². The van der Waals surface area contributed by atoms with E-state index in [2.05, 4.69) is 62.8 Å². The lowest BCUT2D eigenvalue weighted by Crippen LogP contribution is -2.45. The molecule has 1 fully saturated rings. The molecule has 5 nitrogen and oxygen atoms in total. The van der Waals surface area contributed by atoms with Crippen molar-refractivity contribution in [1.29, 1.82) is 0 Å². The number of pyridine rings is 1. The summed E-state index contributed by atoms with van der Waals surface area (Å²) in [5, 5.41) is 6.88. The van der Waals surface area contributed by atoms with Gasteiger partial charge in [-0.25, -0.2) is 0 Å². The highest BCUT2D eigenvalue weighted by atomic mass is 127. The Hall–Kier alpha value is -1.67. The first kappa shape index (κ1) is 22.6. The zero-order valence-corrected chi connectivity index (χ0v) is 19.2. The molecule has 0 radical (unpaired) electrons. The lowest BCUT2D eigenvalue weighted by molar-refractivity contribution is 0.138. The molecule has 1 aromatic heterocycles. The molecule has 1 aliphatic rings. The molecule has 28 heavy (non-hydrogen) atoms. The third-order valence-electron chi connectivity index (χ3n) is 5.29. The van der Waals surface area contributed by atoms with Crippen LogP contribution >= 0.6 is 24.0 Å². The van der Waals surface area contributed by atoms with Crippen LogP contribution in [0.25, 0.3) is 0 Å². The van der Waals surface area contributed by atoms with Crippen LogP contribution in [-0.4, -0.2) is 42.5 Å². The number of halogens is 1. The standard InChI is InChI=1S/C22H31N5.HI/c1-18-11-14-27(15-12-18)21(19-8-4-3-5-9-19)17-26-22(23-2)25-16-20-10-6-7-13-24-20;/h3-10,13,18,21H,11-12,14-17H2,1-2H3,(H2,23,25,26);1H. The number of likely N-dealkylation sites (tertiary alicyclic amines) is 1. The predicted octanol–water partition coefficient (Wildman–Crippen LogP) is 3.84. The number of hydrogen-bond acceptors (Lipinski definition) is 3. The van der Waals surface area contributed by atoms with Gasteiger partial charge in [0.15, 0.2) is 5.96 Å². The van der Waals surface area contributed by atoms with Gasteiger partial charge in [0.2, 0.25) is 0 Å². The summed E-state index contributed by atoms with van der Waals surface area (Å²) in [6.07, 6.45) is 4.36. The Labute approximate surface area is 186 Å². The van der Waals surface area contributed by atoms with E-state index in [0.717, 1.165) is 37.2 Å². The fraction of sp³-hybridized carbons (Fsp3) is 0.455. The average Bonchev–Trinajstić information content (AvgIpc) is 2.73. The Morgan fingerprint density at radius 1 is 1.11 bits per heavy atom. The van der Waals surface area contributed by atoms with Gasteiger partial charge in [0.1, 0.15) is 0 Å². The SMILES string of the molecule is CN=C(NCc1ccccn1)NCC(c1ccccc1)N1CCC(C)CC1.I. The predicted molar refractivity (Wildman–Crippen MR) is 127 cm³/mol. The van der Waals surface area contributed by atoms with Crippen molar-refractivity contribution in [3.63, 3.8) is 0 Å². The van der Waals surface area contributed by atoms with Crippen LogP contribution in [0.4, 0.5) is 0 Å². The van der Waals surface area contributed by atoms with Gasteiger partial charge in [0.05, 0.1) is 18.3 Å². The zero-order chi connectivity index (χ0) is 18.9. The maximum Gasteiger partial charge on any atom is 0.191 e. The Bertz CT molecular complexity index is 699.